The summed E-state index contributed by atoms with van der Waals surface area (Å²) in [6.45, 7) is 9.08. The van der Waals surface area contributed by atoms with Crippen LogP contribution < -0.4 is 5.32 Å². The first-order valence-electron chi connectivity index (χ1n) is 7.44. The monoisotopic (exact) mass is 342 g/mol. The number of carbonyl (C=O) groups is 1. The molecule has 1 aromatic rings. The molecule has 23 heavy (non-hydrogen) atoms. The van der Waals surface area contributed by atoms with Crippen LogP contribution in [0.5, 0.6) is 0 Å². The van der Waals surface area contributed by atoms with Crippen molar-refractivity contribution in [3.63, 3.8) is 0 Å². The van der Waals surface area contributed by atoms with Gasteiger partial charge < -0.3 is 10.1 Å². The first-order valence-corrected chi connectivity index (χ1v) is 8.88. The Hall–Kier alpha value is -1.60. The molecule has 0 bridgehead atoms. The van der Waals surface area contributed by atoms with E-state index in [1.54, 1.807) is 52.0 Å². The summed E-state index contributed by atoms with van der Waals surface area (Å²) in [5.41, 5.74) is 0.399. The number of benzene rings is 1. The van der Waals surface area contributed by atoms with Crippen LogP contribution in [-0.2, 0) is 14.8 Å². The Morgan fingerprint density at radius 2 is 1.78 bits per heavy atom. The second kappa shape index (κ2) is 7.31. The van der Waals surface area contributed by atoms with Gasteiger partial charge in [0.25, 0.3) is 0 Å². The van der Waals surface area contributed by atoms with Gasteiger partial charge in [-0.3, -0.25) is 0 Å². The Kier molecular flexibility index (Phi) is 6.18. The number of amides is 1. The maximum Gasteiger partial charge on any atom is 0.407 e. The molecule has 0 unspecified atom stereocenters. The van der Waals surface area contributed by atoms with Gasteiger partial charge in [-0.25, -0.2) is 13.2 Å². The van der Waals surface area contributed by atoms with Gasteiger partial charge in [0.1, 0.15) is 5.60 Å². The number of hydrogen-bond donors (Lipinski definition) is 1. The molecule has 1 N–H and O–H groups in total. The normalized spacial score (nSPS) is 13.7. The minimum absolute atomic E-state index is 0.148. The van der Waals surface area contributed by atoms with Gasteiger partial charge >= 0.3 is 6.09 Å². The minimum Gasteiger partial charge on any atom is -0.444 e. The molecular formula is C16H26N2O4S. The maximum atomic E-state index is 12.5. The van der Waals surface area contributed by atoms with E-state index in [1.165, 1.54) is 11.4 Å². The second-order valence-electron chi connectivity index (χ2n) is 6.65. The van der Waals surface area contributed by atoms with Crippen molar-refractivity contribution in [2.45, 2.75) is 51.2 Å². The molecule has 0 spiro atoms. The molecule has 0 aliphatic rings. The average Bonchev–Trinajstić information content (AvgIpc) is 2.36. The molecule has 0 aliphatic heterocycles. The van der Waals surface area contributed by atoms with Crippen LogP contribution in [0.2, 0.25) is 0 Å². The molecule has 0 fully saturated rings. The summed E-state index contributed by atoms with van der Waals surface area (Å²) < 4.78 is 31.3. The number of ether oxygens (including phenoxy) is 1. The number of nitrogens with zero attached hydrogens (tertiary/aromatic N) is 1. The van der Waals surface area contributed by atoms with Crippen LogP contribution in [0.3, 0.4) is 0 Å². The fraction of sp³-hybridized carbons (Fsp3) is 0.562. The number of carbonyl (C=O) groups excluding carboxylic acids is 1. The molecule has 0 aromatic heterocycles. The Morgan fingerprint density at radius 3 is 2.26 bits per heavy atom. The van der Waals surface area contributed by atoms with Crippen molar-refractivity contribution in [2.24, 2.45) is 0 Å². The molecule has 1 rings (SSSR count). The molecule has 0 heterocycles. The summed E-state index contributed by atoms with van der Waals surface area (Å²) in [6, 6.07) is 6.28. The molecule has 0 saturated heterocycles. The van der Waals surface area contributed by atoms with E-state index in [9.17, 15) is 13.2 Å². The van der Waals surface area contributed by atoms with Crippen LogP contribution in [0.15, 0.2) is 29.2 Å². The summed E-state index contributed by atoms with van der Waals surface area (Å²) in [4.78, 5) is 11.9. The Labute approximate surface area is 138 Å². The highest BCUT2D eigenvalue weighted by atomic mass is 32.2. The molecule has 7 heteroatoms. The lowest BCUT2D eigenvalue weighted by Gasteiger charge is -2.24. The smallest absolute Gasteiger partial charge is 0.407 e. The fourth-order valence-corrected chi connectivity index (χ4v) is 3.19. The molecule has 0 aliphatic carbocycles. The molecule has 130 valence electrons. The highest BCUT2D eigenvalue weighted by Gasteiger charge is 2.24. The van der Waals surface area contributed by atoms with E-state index in [4.69, 9.17) is 4.74 Å². The van der Waals surface area contributed by atoms with E-state index in [1.807, 2.05) is 6.92 Å². The molecule has 1 atom stereocenters. The van der Waals surface area contributed by atoms with Gasteiger partial charge in [0.2, 0.25) is 10.0 Å². The van der Waals surface area contributed by atoms with Crippen molar-refractivity contribution in [1.29, 1.82) is 0 Å². The summed E-state index contributed by atoms with van der Waals surface area (Å²) in [7, 11) is -2.09. The van der Waals surface area contributed by atoms with Crippen molar-refractivity contribution < 1.29 is 17.9 Å². The van der Waals surface area contributed by atoms with E-state index >= 15 is 0 Å². The highest BCUT2D eigenvalue weighted by Crippen LogP contribution is 2.15. The van der Waals surface area contributed by atoms with Crippen LogP contribution in [0.25, 0.3) is 0 Å². The van der Waals surface area contributed by atoms with Gasteiger partial charge in [-0.15, -0.1) is 0 Å². The van der Waals surface area contributed by atoms with Crippen molar-refractivity contribution in [2.75, 3.05) is 13.6 Å². The van der Waals surface area contributed by atoms with Crippen LogP contribution in [-0.4, -0.2) is 44.1 Å². The maximum absolute atomic E-state index is 12.5. The SMILES string of the molecule is Cc1ccc(S(=O)(=O)N(C)C[C@@H](C)NC(=O)OC(C)(C)C)cc1. The summed E-state index contributed by atoms with van der Waals surface area (Å²) in [5, 5.41) is 2.63. The van der Waals surface area contributed by atoms with Crippen molar-refractivity contribution in [3.05, 3.63) is 29.8 Å². The van der Waals surface area contributed by atoms with Gasteiger partial charge in [-0.1, -0.05) is 17.7 Å². The predicted octanol–water partition coefficient (Wildman–Crippen LogP) is 2.53. The lowest BCUT2D eigenvalue weighted by Crippen LogP contribution is -2.44. The van der Waals surface area contributed by atoms with Crippen molar-refractivity contribution >= 4 is 16.1 Å². The summed E-state index contributed by atoms with van der Waals surface area (Å²) in [5.74, 6) is 0. The standard InChI is InChI=1S/C16H26N2O4S/c1-12-7-9-14(10-8-12)23(20,21)18(6)11-13(2)17-15(19)22-16(3,4)5/h7-10,13H,11H2,1-6H3,(H,17,19)/t13-/m1/s1. The molecule has 1 aromatic carbocycles. The van der Waals surface area contributed by atoms with Crippen LogP contribution in [0.4, 0.5) is 4.79 Å². The third kappa shape index (κ3) is 6.19. The highest BCUT2D eigenvalue weighted by molar-refractivity contribution is 7.89. The van der Waals surface area contributed by atoms with Gasteiger partial charge in [0.05, 0.1) is 4.90 Å². The summed E-state index contributed by atoms with van der Waals surface area (Å²) in [6.07, 6.45) is -0.564. The van der Waals surface area contributed by atoms with E-state index in [-0.39, 0.29) is 17.5 Å². The van der Waals surface area contributed by atoms with E-state index < -0.39 is 21.7 Å². The van der Waals surface area contributed by atoms with E-state index in [0.717, 1.165) is 5.56 Å². The van der Waals surface area contributed by atoms with Crippen LogP contribution >= 0.6 is 0 Å². The minimum atomic E-state index is -3.58. The largest absolute Gasteiger partial charge is 0.444 e. The molecule has 0 saturated carbocycles. The molecule has 6 nitrogen and oxygen atoms in total. The van der Waals surface area contributed by atoms with Gasteiger partial charge in [0, 0.05) is 19.6 Å². The third-order valence-electron chi connectivity index (χ3n) is 3.02. The molecular weight excluding hydrogens is 316 g/mol. The molecule has 0 radical (unpaired) electrons. The Balaban J connectivity index is 2.69. The van der Waals surface area contributed by atoms with Crippen molar-refractivity contribution in [1.82, 2.24) is 9.62 Å². The predicted molar refractivity (Wildman–Crippen MR) is 89.8 cm³/mol. The van der Waals surface area contributed by atoms with Gasteiger partial charge in [-0.05, 0) is 46.8 Å². The van der Waals surface area contributed by atoms with Gasteiger partial charge in [-0.2, -0.15) is 4.31 Å². The van der Waals surface area contributed by atoms with E-state index in [2.05, 4.69) is 5.32 Å². The number of nitrogens with one attached hydrogen (secondary N) is 1. The number of rotatable bonds is 5. The van der Waals surface area contributed by atoms with Crippen LogP contribution in [0, 0.1) is 6.92 Å². The number of sulfonamides is 1. The number of likely N-dealkylation sites (N-methyl/N-ethyl adjacent to an activating group) is 1. The topological polar surface area (TPSA) is 75.7 Å². The zero-order chi connectivity index (χ0) is 17.8. The van der Waals surface area contributed by atoms with Crippen molar-refractivity contribution in [3.8, 4) is 0 Å². The first kappa shape index (κ1) is 19.4. The fourth-order valence-electron chi connectivity index (χ4n) is 1.93. The quantitative estimate of drug-likeness (QED) is 0.892. The first-order chi connectivity index (χ1) is 10.4. The zero-order valence-corrected chi connectivity index (χ0v) is 15.4. The van der Waals surface area contributed by atoms with Crippen LogP contribution in [0.1, 0.15) is 33.3 Å². The number of alkyl carbamates (subject to hydrolysis) is 1. The molecule has 1 amide bonds. The summed E-state index contributed by atoms with van der Waals surface area (Å²) >= 11 is 0. The van der Waals surface area contributed by atoms with E-state index in [0.29, 0.717) is 0 Å². The lowest BCUT2D eigenvalue weighted by molar-refractivity contribution is 0.0504. The second-order valence-corrected chi connectivity index (χ2v) is 8.69. The number of hydrogen-bond acceptors (Lipinski definition) is 4. The average molecular weight is 342 g/mol. The zero-order valence-electron chi connectivity index (χ0n) is 14.6. The number of aryl methyl sites for hydroxylation is 1. The Bertz CT molecular complexity index is 633. The third-order valence-corrected chi connectivity index (χ3v) is 4.86. The lowest BCUT2D eigenvalue weighted by atomic mass is 10.2. The Morgan fingerprint density at radius 1 is 1.26 bits per heavy atom. The van der Waals surface area contributed by atoms with Gasteiger partial charge in [0.15, 0.2) is 0 Å².